The predicted octanol–water partition coefficient (Wildman–Crippen LogP) is 3.77. The van der Waals surface area contributed by atoms with E-state index in [0.29, 0.717) is 18.7 Å². The van der Waals surface area contributed by atoms with E-state index in [-0.39, 0.29) is 12.5 Å². The molecule has 0 unspecified atom stereocenters. The highest BCUT2D eigenvalue weighted by atomic mass is 32.2. The number of rotatable bonds is 13. The Morgan fingerprint density at radius 2 is 1.44 bits per heavy atom. The first-order valence-electron chi connectivity index (χ1n) is 13.1. The number of benzene rings is 3. The maximum atomic E-state index is 14.1. The number of anilines is 1. The SMILES string of the molecule is CCCNC(=O)[C@@H](Cc1ccccc1)N(Cc1ccc(C)cc1)C(=O)CN(c1ccccc1)S(=O)(=O)N(C)C. The monoisotopic (exact) mass is 550 g/mol. The van der Waals surface area contributed by atoms with E-state index in [1.807, 2.05) is 68.4 Å². The summed E-state index contributed by atoms with van der Waals surface area (Å²) in [5, 5.41) is 2.94. The highest BCUT2D eigenvalue weighted by Gasteiger charge is 2.34. The van der Waals surface area contributed by atoms with E-state index in [2.05, 4.69) is 5.32 Å². The Kier molecular flexibility index (Phi) is 10.7. The molecule has 0 saturated carbocycles. The van der Waals surface area contributed by atoms with Crippen molar-refractivity contribution < 1.29 is 18.0 Å². The van der Waals surface area contributed by atoms with Crippen molar-refractivity contribution in [3.8, 4) is 0 Å². The van der Waals surface area contributed by atoms with Crippen molar-refractivity contribution in [1.82, 2.24) is 14.5 Å². The Morgan fingerprint density at radius 1 is 0.846 bits per heavy atom. The molecule has 3 rings (SSSR count). The van der Waals surface area contributed by atoms with Gasteiger partial charge < -0.3 is 10.2 Å². The second kappa shape index (κ2) is 13.9. The molecular formula is C30H38N4O4S. The van der Waals surface area contributed by atoms with Gasteiger partial charge in [-0.1, -0.05) is 85.3 Å². The lowest BCUT2D eigenvalue weighted by molar-refractivity contribution is -0.140. The van der Waals surface area contributed by atoms with Gasteiger partial charge in [0.2, 0.25) is 11.8 Å². The average Bonchev–Trinajstić information content (AvgIpc) is 2.94. The summed E-state index contributed by atoms with van der Waals surface area (Å²) in [4.78, 5) is 29.1. The Morgan fingerprint density at radius 3 is 2.00 bits per heavy atom. The van der Waals surface area contributed by atoms with E-state index in [1.54, 1.807) is 30.3 Å². The first kappa shape index (κ1) is 29.9. The van der Waals surface area contributed by atoms with Crippen LogP contribution in [0, 0.1) is 6.92 Å². The first-order chi connectivity index (χ1) is 18.6. The van der Waals surface area contributed by atoms with Crippen LogP contribution in [-0.4, -0.2) is 62.7 Å². The number of carbonyl (C=O) groups is 2. The average molecular weight is 551 g/mol. The van der Waals surface area contributed by atoms with E-state index in [9.17, 15) is 18.0 Å². The molecule has 0 spiro atoms. The summed E-state index contributed by atoms with van der Waals surface area (Å²) in [5.41, 5.74) is 3.18. The van der Waals surface area contributed by atoms with Crippen molar-refractivity contribution in [1.29, 1.82) is 0 Å². The molecule has 0 heterocycles. The van der Waals surface area contributed by atoms with Crippen molar-refractivity contribution in [2.24, 2.45) is 0 Å². The molecule has 9 heteroatoms. The van der Waals surface area contributed by atoms with Crippen LogP contribution in [0.25, 0.3) is 0 Å². The predicted molar refractivity (Wildman–Crippen MR) is 155 cm³/mol. The summed E-state index contributed by atoms with van der Waals surface area (Å²) in [6.07, 6.45) is 1.04. The molecule has 8 nitrogen and oxygen atoms in total. The van der Waals surface area contributed by atoms with Gasteiger partial charge in [0, 0.05) is 33.6 Å². The fourth-order valence-electron chi connectivity index (χ4n) is 4.12. The standard InChI is InChI=1S/C30H38N4O4S/c1-5-20-31-30(36)28(21-25-12-8-6-9-13-25)33(22-26-18-16-24(2)17-19-26)29(35)23-34(39(37,38)32(3)4)27-14-10-7-11-15-27/h6-19,28H,5,20-23H2,1-4H3,(H,31,36)/t28-/m1/s1. The molecule has 0 fully saturated rings. The molecule has 0 saturated heterocycles. The number of hydrogen-bond acceptors (Lipinski definition) is 4. The molecule has 0 radical (unpaired) electrons. The molecule has 3 aromatic carbocycles. The zero-order valence-corrected chi connectivity index (χ0v) is 23.9. The molecule has 208 valence electrons. The molecule has 0 aliphatic carbocycles. The number of nitrogens with zero attached hydrogens (tertiary/aromatic N) is 3. The fourth-order valence-corrected chi connectivity index (χ4v) is 5.18. The van der Waals surface area contributed by atoms with Crippen LogP contribution >= 0.6 is 0 Å². The lowest BCUT2D eigenvalue weighted by atomic mass is 10.0. The zero-order valence-electron chi connectivity index (χ0n) is 23.1. The number of carbonyl (C=O) groups excluding carboxylic acids is 2. The van der Waals surface area contributed by atoms with Gasteiger partial charge in [0.1, 0.15) is 12.6 Å². The van der Waals surface area contributed by atoms with E-state index >= 15 is 0 Å². The first-order valence-corrected chi connectivity index (χ1v) is 14.4. The van der Waals surface area contributed by atoms with Crippen LogP contribution in [-0.2, 0) is 32.8 Å². The molecule has 39 heavy (non-hydrogen) atoms. The van der Waals surface area contributed by atoms with Crippen molar-refractivity contribution in [2.75, 3.05) is 31.5 Å². The van der Waals surface area contributed by atoms with E-state index < -0.39 is 28.7 Å². The molecule has 0 aromatic heterocycles. The quantitative estimate of drug-likeness (QED) is 0.351. The highest BCUT2D eigenvalue weighted by molar-refractivity contribution is 7.90. The fraction of sp³-hybridized carbons (Fsp3) is 0.333. The summed E-state index contributed by atoms with van der Waals surface area (Å²) in [6, 6.07) is 24.9. The maximum Gasteiger partial charge on any atom is 0.304 e. The van der Waals surface area contributed by atoms with Crippen LogP contribution in [0.5, 0.6) is 0 Å². The molecule has 2 amide bonds. The number of aryl methyl sites for hydroxylation is 1. The minimum Gasteiger partial charge on any atom is -0.354 e. The van der Waals surface area contributed by atoms with Gasteiger partial charge in [-0.25, -0.2) is 4.31 Å². The summed E-state index contributed by atoms with van der Waals surface area (Å²) in [6.45, 7) is 4.11. The molecule has 1 atom stereocenters. The van der Waals surface area contributed by atoms with Crippen molar-refractivity contribution in [3.05, 3.63) is 102 Å². The Labute approximate surface area is 232 Å². The Bertz CT molecular complexity index is 1310. The van der Waals surface area contributed by atoms with Crippen LogP contribution in [0.1, 0.15) is 30.0 Å². The molecular weight excluding hydrogens is 512 g/mol. The van der Waals surface area contributed by atoms with Crippen LogP contribution in [0.3, 0.4) is 0 Å². The van der Waals surface area contributed by atoms with Crippen LogP contribution in [0.2, 0.25) is 0 Å². The maximum absolute atomic E-state index is 14.1. The molecule has 1 N–H and O–H groups in total. The lowest BCUT2D eigenvalue weighted by Gasteiger charge is -2.34. The van der Waals surface area contributed by atoms with Crippen molar-refractivity contribution in [3.63, 3.8) is 0 Å². The third-order valence-corrected chi connectivity index (χ3v) is 8.18. The third kappa shape index (κ3) is 8.15. The zero-order chi connectivity index (χ0) is 28.4. The van der Waals surface area contributed by atoms with Crippen LogP contribution < -0.4 is 9.62 Å². The van der Waals surface area contributed by atoms with Crippen molar-refractivity contribution in [2.45, 2.75) is 39.3 Å². The van der Waals surface area contributed by atoms with Gasteiger partial charge >= 0.3 is 10.2 Å². The van der Waals surface area contributed by atoms with Gasteiger partial charge in [-0.05, 0) is 36.6 Å². The minimum atomic E-state index is -4.00. The summed E-state index contributed by atoms with van der Waals surface area (Å²) in [5.74, 6) is -0.750. The summed E-state index contributed by atoms with van der Waals surface area (Å²) in [7, 11) is -1.15. The largest absolute Gasteiger partial charge is 0.354 e. The van der Waals surface area contributed by atoms with Gasteiger partial charge in [-0.15, -0.1) is 0 Å². The van der Waals surface area contributed by atoms with Gasteiger partial charge in [0.15, 0.2) is 0 Å². The Balaban J connectivity index is 2.05. The second-order valence-electron chi connectivity index (χ2n) is 9.64. The van der Waals surface area contributed by atoms with E-state index in [4.69, 9.17) is 0 Å². The number of nitrogens with one attached hydrogen (secondary N) is 1. The van der Waals surface area contributed by atoms with Crippen molar-refractivity contribution >= 4 is 27.7 Å². The summed E-state index contributed by atoms with van der Waals surface area (Å²) >= 11 is 0. The molecule has 3 aromatic rings. The topological polar surface area (TPSA) is 90.0 Å². The number of amides is 2. The minimum absolute atomic E-state index is 0.154. The molecule has 0 aliphatic heterocycles. The molecule has 0 aliphatic rings. The lowest BCUT2D eigenvalue weighted by Crippen LogP contribution is -2.54. The van der Waals surface area contributed by atoms with Gasteiger partial charge in [0.25, 0.3) is 0 Å². The normalized spacial score (nSPS) is 12.1. The third-order valence-electron chi connectivity index (χ3n) is 6.36. The number of hydrogen-bond donors (Lipinski definition) is 1. The van der Waals surface area contributed by atoms with Gasteiger partial charge in [-0.2, -0.15) is 12.7 Å². The summed E-state index contributed by atoms with van der Waals surface area (Å²) < 4.78 is 28.8. The van der Waals surface area contributed by atoms with Crippen LogP contribution in [0.15, 0.2) is 84.9 Å². The highest BCUT2D eigenvalue weighted by Crippen LogP contribution is 2.21. The second-order valence-corrected chi connectivity index (χ2v) is 11.7. The Hall–Kier alpha value is -3.69. The van der Waals surface area contributed by atoms with E-state index in [0.717, 1.165) is 31.7 Å². The number of para-hydroxylation sites is 1. The molecule has 0 bridgehead atoms. The smallest absolute Gasteiger partial charge is 0.304 e. The van der Waals surface area contributed by atoms with Gasteiger partial charge in [-0.3, -0.25) is 9.59 Å². The van der Waals surface area contributed by atoms with Crippen LogP contribution in [0.4, 0.5) is 5.69 Å². The van der Waals surface area contributed by atoms with Gasteiger partial charge in [0.05, 0.1) is 5.69 Å². The van der Waals surface area contributed by atoms with E-state index in [1.165, 1.54) is 19.0 Å².